The van der Waals surface area contributed by atoms with Gasteiger partial charge in [-0.05, 0) is 38.8 Å². The molecule has 0 bridgehead atoms. The third-order valence-electron chi connectivity index (χ3n) is 3.86. The molecule has 0 spiro atoms. The van der Waals surface area contributed by atoms with Gasteiger partial charge in [0.1, 0.15) is 30.7 Å². The first-order valence-corrected chi connectivity index (χ1v) is 10.3. The Labute approximate surface area is 187 Å². The number of benzene rings is 1. The molecular weight excluding hydrogens is 414 g/mol. The second-order valence-electron chi connectivity index (χ2n) is 7.95. The molecule has 0 aliphatic carbocycles. The number of carbonyl (C=O) groups excluding carboxylic acids is 3. The van der Waals surface area contributed by atoms with E-state index in [0.717, 1.165) is 5.56 Å². The zero-order chi connectivity index (χ0) is 23.6. The normalized spacial score (nSPS) is 11.2. The Morgan fingerprint density at radius 2 is 1.91 bits per heavy atom. The molecule has 2 aromatic rings. The van der Waals surface area contributed by atoms with Crippen molar-refractivity contribution in [2.45, 2.75) is 46.3 Å². The third kappa shape index (κ3) is 9.03. The SMILES string of the molecule is CCCN(CC(=O)Nc1nc(/C=C/C(=O)OCc2ccccc2)co1)C(=O)OC(C)(C)C. The molecule has 0 saturated carbocycles. The van der Waals surface area contributed by atoms with E-state index in [1.54, 1.807) is 20.8 Å². The van der Waals surface area contributed by atoms with Crippen molar-refractivity contribution in [1.82, 2.24) is 9.88 Å². The first kappa shape index (κ1) is 24.6. The van der Waals surface area contributed by atoms with Gasteiger partial charge >= 0.3 is 18.1 Å². The van der Waals surface area contributed by atoms with Crippen molar-refractivity contribution >= 4 is 30.1 Å². The maximum absolute atomic E-state index is 12.3. The van der Waals surface area contributed by atoms with E-state index < -0.39 is 23.6 Å². The zero-order valence-corrected chi connectivity index (χ0v) is 18.8. The van der Waals surface area contributed by atoms with Crippen molar-refractivity contribution in [2.75, 3.05) is 18.4 Å². The third-order valence-corrected chi connectivity index (χ3v) is 3.86. The number of esters is 1. The first-order chi connectivity index (χ1) is 15.2. The number of amides is 2. The Morgan fingerprint density at radius 3 is 2.56 bits per heavy atom. The number of oxazole rings is 1. The van der Waals surface area contributed by atoms with E-state index in [2.05, 4.69) is 10.3 Å². The van der Waals surface area contributed by atoms with Gasteiger partial charge in [0.05, 0.1) is 0 Å². The van der Waals surface area contributed by atoms with E-state index in [0.29, 0.717) is 18.7 Å². The Hall–Kier alpha value is -3.62. The van der Waals surface area contributed by atoms with Gasteiger partial charge in [-0.1, -0.05) is 37.3 Å². The van der Waals surface area contributed by atoms with Gasteiger partial charge in [-0.3, -0.25) is 15.0 Å². The summed E-state index contributed by atoms with van der Waals surface area (Å²) in [4.78, 5) is 41.8. The Bertz CT molecular complexity index is 931. The summed E-state index contributed by atoms with van der Waals surface area (Å²) in [6.45, 7) is 7.50. The predicted octanol–water partition coefficient (Wildman–Crippen LogP) is 4.02. The van der Waals surface area contributed by atoms with Crippen molar-refractivity contribution < 1.29 is 28.3 Å². The van der Waals surface area contributed by atoms with Gasteiger partial charge in [0.15, 0.2) is 0 Å². The number of aromatic nitrogens is 1. The highest BCUT2D eigenvalue weighted by atomic mass is 16.6. The molecule has 0 radical (unpaired) electrons. The number of hydrogen-bond donors (Lipinski definition) is 1. The van der Waals surface area contributed by atoms with Gasteiger partial charge in [-0.15, -0.1) is 0 Å². The minimum atomic E-state index is -0.661. The lowest BCUT2D eigenvalue weighted by molar-refractivity contribution is -0.138. The van der Waals surface area contributed by atoms with Crippen LogP contribution in [0.2, 0.25) is 0 Å². The highest BCUT2D eigenvalue weighted by Gasteiger charge is 2.23. The molecule has 0 aliphatic rings. The van der Waals surface area contributed by atoms with Crippen LogP contribution in [0.5, 0.6) is 0 Å². The minimum absolute atomic E-state index is 0.0482. The van der Waals surface area contributed by atoms with Gasteiger partial charge < -0.3 is 13.9 Å². The Morgan fingerprint density at radius 1 is 1.19 bits per heavy atom. The quantitative estimate of drug-likeness (QED) is 0.460. The van der Waals surface area contributed by atoms with Crippen molar-refractivity contribution in [1.29, 1.82) is 0 Å². The van der Waals surface area contributed by atoms with Crippen LogP contribution in [0.1, 0.15) is 45.4 Å². The van der Waals surface area contributed by atoms with E-state index >= 15 is 0 Å². The number of hydrogen-bond acceptors (Lipinski definition) is 7. The topological polar surface area (TPSA) is 111 Å². The summed E-state index contributed by atoms with van der Waals surface area (Å²) in [5.41, 5.74) is 0.546. The van der Waals surface area contributed by atoms with Crippen LogP contribution in [0.15, 0.2) is 47.1 Å². The summed E-state index contributed by atoms with van der Waals surface area (Å²) < 4.78 is 15.7. The van der Waals surface area contributed by atoms with Crippen LogP contribution >= 0.6 is 0 Å². The van der Waals surface area contributed by atoms with Crippen LogP contribution in [0.4, 0.5) is 10.8 Å². The summed E-state index contributed by atoms with van der Waals surface area (Å²) in [6, 6.07) is 9.26. The fourth-order valence-corrected chi connectivity index (χ4v) is 2.51. The number of nitrogens with zero attached hydrogens (tertiary/aromatic N) is 2. The van der Waals surface area contributed by atoms with Gasteiger partial charge in [0.25, 0.3) is 0 Å². The molecular formula is C23H29N3O6. The molecule has 1 heterocycles. The molecule has 0 saturated heterocycles. The zero-order valence-electron chi connectivity index (χ0n) is 18.8. The molecule has 32 heavy (non-hydrogen) atoms. The molecule has 0 unspecified atom stereocenters. The van der Waals surface area contributed by atoms with Crippen molar-refractivity contribution in [2.24, 2.45) is 0 Å². The first-order valence-electron chi connectivity index (χ1n) is 10.3. The molecule has 9 nitrogen and oxygen atoms in total. The molecule has 1 N–H and O–H groups in total. The molecule has 172 valence electrons. The van der Waals surface area contributed by atoms with E-state index in [9.17, 15) is 14.4 Å². The fourth-order valence-electron chi connectivity index (χ4n) is 2.51. The lowest BCUT2D eigenvalue weighted by Gasteiger charge is -2.26. The molecule has 1 aromatic carbocycles. The van der Waals surface area contributed by atoms with E-state index in [1.807, 2.05) is 37.3 Å². The Kier molecular flexibility index (Phi) is 9.00. The summed E-state index contributed by atoms with van der Waals surface area (Å²) in [7, 11) is 0. The van der Waals surface area contributed by atoms with Crippen molar-refractivity contribution in [3.05, 3.63) is 53.9 Å². The molecule has 0 atom stereocenters. The summed E-state index contributed by atoms with van der Waals surface area (Å²) in [5, 5.41) is 2.49. The fraction of sp³-hybridized carbons (Fsp3) is 0.391. The molecule has 0 fully saturated rings. The molecule has 1 aromatic heterocycles. The number of carbonyl (C=O) groups is 3. The molecule has 2 rings (SSSR count). The Balaban J connectivity index is 1.85. The maximum atomic E-state index is 12.3. The van der Waals surface area contributed by atoms with Crippen LogP contribution in [-0.2, 0) is 25.7 Å². The summed E-state index contributed by atoms with van der Waals surface area (Å²) in [5.74, 6) is -1.01. The van der Waals surface area contributed by atoms with Gasteiger partial charge in [0.2, 0.25) is 5.91 Å². The smallest absolute Gasteiger partial charge is 0.410 e. The van der Waals surface area contributed by atoms with Gasteiger partial charge in [-0.25, -0.2) is 9.59 Å². The van der Waals surface area contributed by atoms with E-state index in [4.69, 9.17) is 13.9 Å². The molecule has 0 aliphatic heterocycles. The number of rotatable bonds is 9. The summed E-state index contributed by atoms with van der Waals surface area (Å²) in [6.07, 6.45) is 4.02. The van der Waals surface area contributed by atoms with Gasteiger partial charge in [0, 0.05) is 12.6 Å². The van der Waals surface area contributed by atoms with Crippen LogP contribution in [0.3, 0.4) is 0 Å². The van der Waals surface area contributed by atoms with Crippen molar-refractivity contribution in [3.63, 3.8) is 0 Å². The van der Waals surface area contributed by atoms with Crippen molar-refractivity contribution in [3.8, 4) is 0 Å². The second kappa shape index (κ2) is 11.7. The van der Waals surface area contributed by atoms with Crippen LogP contribution in [-0.4, -0.2) is 46.5 Å². The van der Waals surface area contributed by atoms with E-state index in [-0.39, 0.29) is 19.2 Å². The maximum Gasteiger partial charge on any atom is 0.410 e. The standard InChI is InChI=1S/C23H29N3O6/c1-5-13-26(22(29)32-23(2,3)4)14-19(27)25-21-24-18(16-31-21)11-12-20(28)30-15-17-9-7-6-8-10-17/h6-12,16H,5,13-15H2,1-4H3,(H,24,25,27)/b12-11+. The van der Waals surface area contributed by atoms with Crippen LogP contribution in [0.25, 0.3) is 6.08 Å². The minimum Gasteiger partial charge on any atom is -0.458 e. The average molecular weight is 444 g/mol. The molecule has 9 heteroatoms. The monoisotopic (exact) mass is 443 g/mol. The number of nitrogens with one attached hydrogen (secondary N) is 1. The largest absolute Gasteiger partial charge is 0.458 e. The number of ether oxygens (including phenoxy) is 2. The molecule has 2 amide bonds. The van der Waals surface area contributed by atoms with E-state index in [1.165, 1.54) is 23.3 Å². The van der Waals surface area contributed by atoms with Crippen LogP contribution < -0.4 is 5.32 Å². The lowest BCUT2D eigenvalue weighted by Crippen LogP contribution is -2.41. The highest BCUT2D eigenvalue weighted by molar-refractivity contribution is 5.92. The summed E-state index contributed by atoms with van der Waals surface area (Å²) >= 11 is 0. The average Bonchev–Trinajstić information content (AvgIpc) is 3.17. The second-order valence-corrected chi connectivity index (χ2v) is 7.95. The highest BCUT2D eigenvalue weighted by Crippen LogP contribution is 2.12. The van der Waals surface area contributed by atoms with Crippen LogP contribution in [0, 0.1) is 0 Å². The lowest BCUT2D eigenvalue weighted by atomic mass is 10.2. The van der Waals surface area contributed by atoms with Gasteiger partial charge in [-0.2, -0.15) is 4.98 Å². The predicted molar refractivity (Wildman–Crippen MR) is 119 cm³/mol. The number of anilines is 1.